The zero-order valence-electron chi connectivity index (χ0n) is 10.2. The van der Waals surface area contributed by atoms with E-state index >= 15 is 0 Å². The molecule has 1 rings (SSSR count). The van der Waals surface area contributed by atoms with Gasteiger partial charge in [0.15, 0.2) is 0 Å². The van der Waals surface area contributed by atoms with E-state index < -0.39 is 10.0 Å². The lowest BCUT2D eigenvalue weighted by Crippen LogP contribution is -2.32. The Morgan fingerprint density at radius 2 is 1.89 bits per heavy atom. The van der Waals surface area contributed by atoms with Gasteiger partial charge in [-0.05, 0) is 30.5 Å². The number of sulfonamides is 1. The van der Waals surface area contributed by atoms with Crippen molar-refractivity contribution < 1.29 is 12.8 Å². The van der Waals surface area contributed by atoms with Crippen molar-refractivity contribution in [2.24, 2.45) is 5.73 Å². The van der Waals surface area contributed by atoms with E-state index in [0.717, 1.165) is 0 Å². The summed E-state index contributed by atoms with van der Waals surface area (Å²) in [6.45, 7) is 3.36. The lowest BCUT2D eigenvalue weighted by molar-refractivity contribution is 0.585. The van der Waals surface area contributed by atoms with Crippen LogP contribution in [0.3, 0.4) is 0 Å². The molecule has 0 heterocycles. The van der Waals surface area contributed by atoms with E-state index in [1.165, 1.54) is 0 Å². The average molecular weight is 290 g/mol. The van der Waals surface area contributed by atoms with E-state index in [4.69, 9.17) is 5.73 Å². The minimum absolute atomic E-state index is 0.0889. The minimum atomic E-state index is -3.52. The van der Waals surface area contributed by atoms with Gasteiger partial charge in [0.25, 0.3) is 0 Å². The molecule has 0 amide bonds. The van der Waals surface area contributed by atoms with Gasteiger partial charge in [0, 0.05) is 6.54 Å². The molecular formula is C11H15FN2O2S2. The number of aryl methyl sites for hydroxylation is 2. The number of rotatable bonds is 5. The van der Waals surface area contributed by atoms with Crippen molar-refractivity contribution in [2.75, 3.05) is 5.75 Å². The number of nitrogens with two attached hydrogens (primary N) is 1. The number of halogens is 1. The first kappa shape index (κ1) is 15.0. The predicted octanol–water partition coefficient (Wildman–Crippen LogP) is 1.15. The Labute approximate surface area is 111 Å². The molecule has 18 heavy (non-hydrogen) atoms. The fraction of sp³-hybridized carbons (Fsp3) is 0.364. The van der Waals surface area contributed by atoms with Crippen LogP contribution in [0.4, 0.5) is 4.39 Å². The van der Waals surface area contributed by atoms with Gasteiger partial charge in [-0.2, -0.15) is 0 Å². The zero-order chi connectivity index (χ0) is 13.9. The first-order valence-corrected chi connectivity index (χ1v) is 7.28. The highest BCUT2D eigenvalue weighted by atomic mass is 32.2. The quantitative estimate of drug-likeness (QED) is 0.798. The third kappa shape index (κ3) is 4.32. The Balaban J connectivity index is 2.79. The molecule has 0 aliphatic rings. The maximum absolute atomic E-state index is 13.4. The Bertz CT molecular complexity index is 547. The Morgan fingerprint density at radius 1 is 1.39 bits per heavy atom. The fourth-order valence-corrected chi connectivity index (χ4v) is 2.90. The van der Waals surface area contributed by atoms with Crippen molar-refractivity contribution in [1.29, 1.82) is 0 Å². The van der Waals surface area contributed by atoms with Crippen LogP contribution in [-0.2, 0) is 16.6 Å². The fourth-order valence-electron chi connectivity index (χ4n) is 1.57. The van der Waals surface area contributed by atoms with Gasteiger partial charge < -0.3 is 5.73 Å². The highest BCUT2D eigenvalue weighted by molar-refractivity contribution is 7.92. The van der Waals surface area contributed by atoms with Crippen LogP contribution in [0.5, 0.6) is 0 Å². The van der Waals surface area contributed by atoms with Gasteiger partial charge in [-0.25, -0.2) is 17.5 Å². The normalized spacial score (nSPS) is 11.5. The van der Waals surface area contributed by atoms with Gasteiger partial charge in [-0.15, -0.1) is 0 Å². The largest absolute Gasteiger partial charge is 0.392 e. The molecule has 0 saturated heterocycles. The summed E-state index contributed by atoms with van der Waals surface area (Å²) in [7, 11) is -3.52. The maximum atomic E-state index is 13.4. The van der Waals surface area contributed by atoms with E-state index in [2.05, 4.69) is 16.9 Å². The number of benzene rings is 1. The number of hydrogen-bond acceptors (Lipinski definition) is 3. The van der Waals surface area contributed by atoms with Crippen LogP contribution >= 0.6 is 12.2 Å². The second kappa shape index (κ2) is 5.73. The first-order chi connectivity index (χ1) is 8.21. The molecule has 0 aliphatic carbocycles. The van der Waals surface area contributed by atoms with Crippen molar-refractivity contribution in [3.63, 3.8) is 0 Å². The summed E-state index contributed by atoms with van der Waals surface area (Å²) in [6, 6.07) is 3.21. The summed E-state index contributed by atoms with van der Waals surface area (Å²) in [6.07, 6.45) is 0. The molecule has 0 radical (unpaired) electrons. The van der Waals surface area contributed by atoms with Crippen LogP contribution in [-0.4, -0.2) is 19.2 Å². The van der Waals surface area contributed by atoms with Crippen LogP contribution in [0, 0.1) is 19.7 Å². The van der Waals surface area contributed by atoms with Gasteiger partial charge in [-0.1, -0.05) is 24.4 Å². The molecule has 1 aromatic carbocycles. The zero-order valence-corrected chi connectivity index (χ0v) is 11.8. The van der Waals surface area contributed by atoms with Crippen molar-refractivity contribution in [3.05, 3.63) is 34.6 Å². The number of thiocarbonyl (C=S) groups is 1. The van der Waals surface area contributed by atoms with E-state index in [9.17, 15) is 12.8 Å². The molecule has 3 N–H and O–H groups in total. The molecule has 0 fully saturated rings. The second-order valence-corrected chi connectivity index (χ2v) is 6.42. The molecule has 0 unspecified atom stereocenters. The van der Waals surface area contributed by atoms with Gasteiger partial charge in [0.05, 0.1) is 4.99 Å². The van der Waals surface area contributed by atoms with Crippen LogP contribution in [0.2, 0.25) is 0 Å². The van der Waals surface area contributed by atoms with Crippen LogP contribution in [0.15, 0.2) is 12.1 Å². The third-order valence-corrected chi connectivity index (χ3v) is 3.93. The van der Waals surface area contributed by atoms with Crippen molar-refractivity contribution in [3.8, 4) is 0 Å². The number of hydrogen-bond donors (Lipinski definition) is 2. The standard InChI is InChI=1S/C11H15FN2O2S2/c1-7-3-9(4-8(2)11(7)12)5-14-18(15,16)6-10(13)17/h3-4,14H,5-6H2,1-2H3,(H2,13,17). The van der Waals surface area contributed by atoms with Gasteiger partial charge in [0.2, 0.25) is 10.0 Å². The van der Waals surface area contributed by atoms with E-state index in [1.54, 1.807) is 26.0 Å². The molecule has 7 heteroatoms. The Morgan fingerprint density at radius 3 is 2.33 bits per heavy atom. The van der Waals surface area contributed by atoms with Crippen LogP contribution in [0.1, 0.15) is 16.7 Å². The van der Waals surface area contributed by atoms with E-state index in [-0.39, 0.29) is 23.1 Å². The molecule has 0 bridgehead atoms. The maximum Gasteiger partial charge on any atom is 0.218 e. The van der Waals surface area contributed by atoms with Gasteiger partial charge in [-0.3, -0.25) is 0 Å². The summed E-state index contributed by atoms with van der Waals surface area (Å²) in [4.78, 5) is -0.0889. The first-order valence-electron chi connectivity index (χ1n) is 5.22. The molecular weight excluding hydrogens is 275 g/mol. The predicted molar refractivity (Wildman–Crippen MR) is 73.3 cm³/mol. The van der Waals surface area contributed by atoms with Crippen LogP contribution < -0.4 is 10.5 Å². The second-order valence-electron chi connectivity index (χ2n) is 4.09. The van der Waals surface area contributed by atoms with Crippen molar-refractivity contribution >= 4 is 27.2 Å². The average Bonchev–Trinajstić information content (AvgIpc) is 2.21. The lowest BCUT2D eigenvalue weighted by Gasteiger charge is -2.08. The molecule has 0 atom stereocenters. The number of nitrogens with one attached hydrogen (secondary N) is 1. The Kier molecular flexibility index (Phi) is 4.78. The molecule has 0 saturated carbocycles. The Hall–Kier alpha value is -1.05. The van der Waals surface area contributed by atoms with Crippen molar-refractivity contribution in [2.45, 2.75) is 20.4 Å². The van der Waals surface area contributed by atoms with Crippen molar-refractivity contribution in [1.82, 2.24) is 4.72 Å². The summed E-state index contributed by atoms with van der Waals surface area (Å²) in [5.41, 5.74) is 6.84. The highest BCUT2D eigenvalue weighted by Gasteiger charge is 2.12. The molecule has 0 spiro atoms. The third-order valence-electron chi connectivity index (χ3n) is 2.32. The molecule has 1 aromatic rings. The molecule has 4 nitrogen and oxygen atoms in total. The van der Waals surface area contributed by atoms with E-state index in [0.29, 0.717) is 16.7 Å². The summed E-state index contributed by atoms with van der Waals surface area (Å²) in [5, 5.41) is 0. The lowest BCUT2D eigenvalue weighted by atomic mass is 10.1. The summed E-state index contributed by atoms with van der Waals surface area (Å²) >= 11 is 4.54. The van der Waals surface area contributed by atoms with Gasteiger partial charge in [0.1, 0.15) is 11.6 Å². The summed E-state index contributed by atoms with van der Waals surface area (Å²) in [5.74, 6) is -0.661. The molecule has 0 aliphatic heterocycles. The highest BCUT2D eigenvalue weighted by Crippen LogP contribution is 2.14. The molecule has 100 valence electrons. The van der Waals surface area contributed by atoms with E-state index in [1.807, 2.05) is 0 Å². The monoisotopic (exact) mass is 290 g/mol. The van der Waals surface area contributed by atoms with Gasteiger partial charge >= 0.3 is 0 Å². The molecule has 0 aromatic heterocycles. The smallest absolute Gasteiger partial charge is 0.218 e. The minimum Gasteiger partial charge on any atom is -0.392 e. The topological polar surface area (TPSA) is 72.2 Å². The summed E-state index contributed by atoms with van der Waals surface area (Å²) < 4.78 is 38.7. The van der Waals surface area contributed by atoms with Crippen LogP contribution in [0.25, 0.3) is 0 Å². The SMILES string of the molecule is Cc1cc(CNS(=O)(=O)CC(N)=S)cc(C)c1F.